The number of aromatic nitrogens is 3. The molecule has 1 N–H and O–H groups in total. The molecule has 0 aliphatic rings. The highest BCUT2D eigenvalue weighted by Gasteiger charge is 2.14. The quantitative estimate of drug-likeness (QED) is 0.861. The van der Waals surface area contributed by atoms with E-state index in [0.29, 0.717) is 18.8 Å². The Bertz CT molecular complexity index is 615. The summed E-state index contributed by atoms with van der Waals surface area (Å²) in [6.45, 7) is 1.14. The third-order valence-electron chi connectivity index (χ3n) is 2.44. The number of carbonyl (C=O) groups is 1. The van der Waals surface area contributed by atoms with E-state index in [9.17, 15) is 4.79 Å². The molecule has 2 heterocycles. The molecule has 0 aliphatic carbocycles. The van der Waals surface area contributed by atoms with Gasteiger partial charge in [0, 0.05) is 13.3 Å². The molecule has 0 spiro atoms. The number of amides is 1. The van der Waals surface area contributed by atoms with Crippen LogP contribution < -0.4 is 5.32 Å². The van der Waals surface area contributed by atoms with Gasteiger partial charge in [-0.3, -0.25) is 9.48 Å². The summed E-state index contributed by atoms with van der Waals surface area (Å²) in [6.07, 6.45) is 3.22. The van der Waals surface area contributed by atoms with Crippen molar-refractivity contribution in [3.05, 3.63) is 40.4 Å². The lowest BCUT2D eigenvalue weighted by atomic mass is 10.3. The zero-order valence-electron chi connectivity index (χ0n) is 10.6. The summed E-state index contributed by atoms with van der Waals surface area (Å²) >= 11 is 11.7. The molecule has 0 atom stereocenters. The van der Waals surface area contributed by atoms with Crippen molar-refractivity contribution < 1.29 is 9.53 Å². The van der Waals surface area contributed by atoms with E-state index in [0.717, 1.165) is 0 Å². The fourth-order valence-electron chi connectivity index (χ4n) is 1.50. The molecule has 0 saturated heterocycles. The van der Waals surface area contributed by atoms with Crippen LogP contribution in [0.1, 0.15) is 10.5 Å². The van der Waals surface area contributed by atoms with Crippen LogP contribution in [0.4, 0.5) is 5.69 Å². The molecule has 0 radical (unpaired) electrons. The van der Waals surface area contributed by atoms with E-state index < -0.39 is 5.91 Å². The fourth-order valence-corrected chi connectivity index (χ4v) is 1.84. The second-order valence-electron chi connectivity index (χ2n) is 3.90. The maximum atomic E-state index is 12.0. The predicted octanol–water partition coefficient (Wildman–Crippen LogP) is 2.48. The van der Waals surface area contributed by atoms with Gasteiger partial charge in [-0.2, -0.15) is 5.10 Å². The first kappa shape index (κ1) is 14.8. The molecule has 2 aromatic rings. The van der Waals surface area contributed by atoms with Crippen molar-refractivity contribution in [3.63, 3.8) is 0 Å². The van der Waals surface area contributed by atoms with Crippen LogP contribution in [-0.2, 0) is 11.3 Å². The second kappa shape index (κ2) is 6.69. The Morgan fingerprint density at radius 1 is 1.45 bits per heavy atom. The lowest BCUT2D eigenvalue weighted by molar-refractivity contribution is 0.102. The molecular weight excluding hydrogens is 303 g/mol. The topological polar surface area (TPSA) is 69.0 Å². The Balaban J connectivity index is 2.07. The standard InChI is InChI=1S/C12H12Cl2N4O2/c1-20-5-4-18-7-8(6-15-18)16-12(19)11-9(13)2-3-10(14)17-11/h2-3,6-7H,4-5H2,1H3,(H,16,19). The molecule has 0 unspecified atom stereocenters. The van der Waals surface area contributed by atoms with E-state index >= 15 is 0 Å². The number of hydrogen-bond donors (Lipinski definition) is 1. The molecule has 0 bridgehead atoms. The first-order valence-electron chi connectivity index (χ1n) is 5.75. The Morgan fingerprint density at radius 2 is 2.25 bits per heavy atom. The summed E-state index contributed by atoms with van der Waals surface area (Å²) in [7, 11) is 1.61. The number of pyridine rings is 1. The van der Waals surface area contributed by atoms with E-state index in [1.807, 2.05) is 0 Å². The van der Waals surface area contributed by atoms with Crippen LogP contribution in [-0.4, -0.2) is 34.4 Å². The lowest BCUT2D eigenvalue weighted by Gasteiger charge is -2.04. The zero-order valence-corrected chi connectivity index (χ0v) is 12.1. The summed E-state index contributed by atoms with van der Waals surface area (Å²) in [5.41, 5.74) is 0.618. The summed E-state index contributed by atoms with van der Waals surface area (Å²) in [5, 5.41) is 7.18. The monoisotopic (exact) mass is 314 g/mol. The van der Waals surface area contributed by atoms with Gasteiger partial charge < -0.3 is 10.1 Å². The number of halogens is 2. The summed E-state index contributed by atoms with van der Waals surface area (Å²) in [6, 6.07) is 3.04. The van der Waals surface area contributed by atoms with Gasteiger partial charge in [0.1, 0.15) is 10.8 Å². The van der Waals surface area contributed by atoms with Crippen LogP contribution in [0.3, 0.4) is 0 Å². The van der Waals surface area contributed by atoms with Crippen LogP contribution in [0.15, 0.2) is 24.5 Å². The van der Waals surface area contributed by atoms with Gasteiger partial charge in [0.15, 0.2) is 0 Å². The molecule has 0 aromatic carbocycles. The number of hydrogen-bond acceptors (Lipinski definition) is 4. The van der Waals surface area contributed by atoms with Gasteiger partial charge in [0.25, 0.3) is 5.91 Å². The van der Waals surface area contributed by atoms with Crippen molar-refractivity contribution in [1.29, 1.82) is 0 Å². The van der Waals surface area contributed by atoms with Crippen LogP contribution in [0.25, 0.3) is 0 Å². The van der Waals surface area contributed by atoms with Crippen molar-refractivity contribution in [2.45, 2.75) is 6.54 Å². The Hall–Kier alpha value is -1.63. The summed E-state index contributed by atoms with van der Waals surface area (Å²) in [4.78, 5) is 15.9. The van der Waals surface area contributed by atoms with Crippen molar-refractivity contribution >= 4 is 34.8 Å². The largest absolute Gasteiger partial charge is 0.383 e. The number of nitrogens with one attached hydrogen (secondary N) is 1. The van der Waals surface area contributed by atoms with Crippen LogP contribution in [0.5, 0.6) is 0 Å². The number of anilines is 1. The average molecular weight is 315 g/mol. The van der Waals surface area contributed by atoms with Gasteiger partial charge in [0.2, 0.25) is 0 Å². The highest BCUT2D eigenvalue weighted by atomic mass is 35.5. The number of carbonyl (C=O) groups excluding carboxylic acids is 1. The van der Waals surface area contributed by atoms with Gasteiger partial charge >= 0.3 is 0 Å². The highest BCUT2D eigenvalue weighted by molar-refractivity contribution is 6.35. The first-order chi connectivity index (χ1) is 9.60. The maximum absolute atomic E-state index is 12.0. The SMILES string of the molecule is COCCn1cc(NC(=O)c2nc(Cl)ccc2Cl)cn1. The minimum absolute atomic E-state index is 0.0730. The third kappa shape index (κ3) is 3.69. The van der Waals surface area contributed by atoms with Gasteiger partial charge in [0.05, 0.1) is 30.1 Å². The average Bonchev–Trinajstić information content (AvgIpc) is 2.86. The van der Waals surface area contributed by atoms with Gasteiger partial charge in [-0.25, -0.2) is 4.98 Å². The van der Waals surface area contributed by atoms with E-state index in [4.69, 9.17) is 27.9 Å². The molecular formula is C12H12Cl2N4O2. The molecule has 106 valence electrons. The number of ether oxygens (including phenoxy) is 1. The Morgan fingerprint density at radius 3 is 3.00 bits per heavy atom. The molecule has 0 aliphatic heterocycles. The van der Waals surface area contributed by atoms with Crippen LogP contribution in [0.2, 0.25) is 10.2 Å². The van der Waals surface area contributed by atoms with Crippen LogP contribution in [0, 0.1) is 0 Å². The van der Waals surface area contributed by atoms with E-state index in [-0.39, 0.29) is 15.9 Å². The normalized spacial score (nSPS) is 10.6. The Kier molecular flexibility index (Phi) is 4.94. The van der Waals surface area contributed by atoms with E-state index in [1.54, 1.807) is 18.0 Å². The maximum Gasteiger partial charge on any atom is 0.275 e. The zero-order chi connectivity index (χ0) is 14.5. The van der Waals surface area contributed by atoms with E-state index in [1.165, 1.54) is 18.3 Å². The molecule has 6 nitrogen and oxygen atoms in total. The third-order valence-corrected chi connectivity index (χ3v) is 2.96. The van der Waals surface area contributed by atoms with Gasteiger partial charge in [-0.05, 0) is 12.1 Å². The Labute approximate surface area is 125 Å². The van der Waals surface area contributed by atoms with Gasteiger partial charge in [-0.15, -0.1) is 0 Å². The van der Waals surface area contributed by atoms with Crippen molar-refractivity contribution in [1.82, 2.24) is 14.8 Å². The fraction of sp³-hybridized carbons (Fsp3) is 0.250. The minimum atomic E-state index is -0.441. The number of nitrogens with zero attached hydrogens (tertiary/aromatic N) is 3. The molecule has 0 fully saturated rings. The summed E-state index contributed by atoms with van der Waals surface area (Å²) < 4.78 is 6.60. The molecule has 8 heteroatoms. The van der Waals surface area contributed by atoms with Gasteiger partial charge in [-0.1, -0.05) is 23.2 Å². The van der Waals surface area contributed by atoms with Crippen molar-refractivity contribution in [2.24, 2.45) is 0 Å². The molecule has 1 amide bonds. The van der Waals surface area contributed by atoms with Crippen molar-refractivity contribution in [3.8, 4) is 0 Å². The summed E-state index contributed by atoms with van der Waals surface area (Å²) in [5.74, 6) is -0.441. The number of methoxy groups -OCH3 is 1. The minimum Gasteiger partial charge on any atom is -0.383 e. The smallest absolute Gasteiger partial charge is 0.275 e. The highest BCUT2D eigenvalue weighted by Crippen LogP contribution is 2.18. The molecule has 20 heavy (non-hydrogen) atoms. The molecule has 2 aromatic heterocycles. The lowest BCUT2D eigenvalue weighted by Crippen LogP contribution is -2.14. The molecule has 0 saturated carbocycles. The first-order valence-corrected chi connectivity index (χ1v) is 6.50. The number of rotatable bonds is 5. The second-order valence-corrected chi connectivity index (χ2v) is 4.70. The molecule has 2 rings (SSSR count). The van der Waals surface area contributed by atoms with E-state index in [2.05, 4.69) is 15.4 Å². The van der Waals surface area contributed by atoms with Crippen molar-refractivity contribution in [2.75, 3.05) is 19.0 Å². The van der Waals surface area contributed by atoms with Crippen LogP contribution >= 0.6 is 23.2 Å². The predicted molar refractivity (Wildman–Crippen MR) is 76.3 cm³/mol.